The molecule has 1 atom stereocenters. The predicted molar refractivity (Wildman–Crippen MR) is 126 cm³/mol. The van der Waals surface area contributed by atoms with Crippen molar-refractivity contribution in [1.29, 1.82) is 0 Å². The maximum absolute atomic E-state index is 12.5. The fraction of sp³-hybridized carbons (Fsp3) is 0.375. The molecule has 0 saturated carbocycles. The van der Waals surface area contributed by atoms with Gasteiger partial charge in [-0.2, -0.15) is 0 Å². The number of carboxylic acids is 1. The molecule has 3 rings (SSSR count). The summed E-state index contributed by atoms with van der Waals surface area (Å²) in [7, 11) is -3.16. The number of hydrogen-bond donors (Lipinski definition) is 3. The zero-order chi connectivity index (χ0) is 24.7. The van der Waals surface area contributed by atoms with Crippen molar-refractivity contribution in [3.8, 4) is 11.1 Å². The van der Waals surface area contributed by atoms with Crippen molar-refractivity contribution in [1.82, 2.24) is 10.6 Å². The van der Waals surface area contributed by atoms with E-state index < -0.39 is 33.8 Å². The first-order valence-electron chi connectivity index (χ1n) is 10.9. The Bertz CT molecular complexity index is 1120. The average Bonchev–Trinajstić information content (AvgIpc) is 3.11. The largest absolute Gasteiger partial charge is 0.481 e. The van der Waals surface area contributed by atoms with Crippen LogP contribution in [0.2, 0.25) is 0 Å². The van der Waals surface area contributed by atoms with Gasteiger partial charge in [0.15, 0.2) is 0 Å². The van der Waals surface area contributed by atoms with E-state index in [0.29, 0.717) is 0 Å². The van der Waals surface area contributed by atoms with Gasteiger partial charge in [0, 0.05) is 25.1 Å². The second-order valence-electron chi connectivity index (χ2n) is 8.23. The third-order valence-corrected chi connectivity index (χ3v) is 6.62. The molecule has 2 aromatic rings. The van der Waals surface area contributed by atoms with Crippen molar-refractivity contribution >= 4 is 27.8 Å². The highest BCUT2D eigenvalue weighted by atomic mass is 32.2. The molecule has 182 valence electrons. The van der Waals surface area contributed by atoms with Crippen LogP contribution in [0, 0.1) is 0 Å². The smallest absolute Gasteiger partial charge is 0.407 e. The summed E-state index contributed by atoms with van der Waals surface area (Å²) in [5, 5.41) is 14.0. The first-order valence-corrected chi connectivity index (χ1v) is 13.0. The van der Waals surface area contributed by atoms with Crippen LogP contribution in [0.25, 0.3) is 11.1 Å². The second-order valence-corrected chi connectivity index (χ2v) is 10.5. The lowest BCUT2D eigenvalue weighted by molar-refractivity contribution is -0.137. The Morgan fingerprint density at radius 2 is 1.62 bits per heavy atom. The summed E-state index contributed by atoms with van der Waals surface area (Å²) in [4.78, 5) is 36.0. The number of alkyl carbamates (subject to hydrolysis) is 1. The summed E-state index contributed by atoms with van der Waals surface area (Å²) in [5.41, 5.74) is 4.25. The molecule has 0 bridgehead atoms. The van der Waals surface area contributed by atoms with E-state index >= 15 is 0 Å². The van der Waals surface area contributed by atoms with Gasteiger partial charge in [-0.25, -0.2) is 13.2 Å². The van der Waals surface area contributed by atoms with E-state index in [1.807, 2.05) is 48.5 Å². The molecule has 10 heteroatoms. The second kappa shape index (κ2) is 11.1. The number of sulfone groups is 1. The normalized spacial score (nSPS) is 13.4. The van der Waals surface area contributed by atoms with Crippen LogP contribution < -0.4 is 10.6 Å². The maximum Gasteiger partial charge on any atom is 0.407 e. The highest BCUT2D eigenvalue weighted by molar-refractivity contribution is 7.90. The van der Waals surface area contributed by atoms with Crippen LogP contribution >= 0.6 is 0 Å². The van der Waals surface area contributed by atoms with Crippen LogP contribution in [0.3, 0.4) is 0 Å². The van der Waals surface area contributed by atoms with E-state index in [2.05, 4.69) is 10.6 Å². The summed E-state index contributed by atoms with van der Waals surface area (Å²) >= 11 is 0. The van der Waals surface area contributed by atoms with Crippen molar-refractivity contribution in [3.05, 3.63) is 59.7 Å². The number of carbonyl (C=O) groups excluding carboxylic acids is 2. The third-order valence-electron chi connectivity index (χ3n) is 5.59. The van der Waals surface area contributed by atoms with Gasteiger partial charge in [-0.1, -0.05) is 48.5 Å². The Balaban J connectivity index is 1.60. The van der Waals surface area contributed by atoms with E-state index in [4.69, 9.17) is 9.84 Å². The van der Waals surface area contributed by atoms with E-state index in [1.165, 1.54) is 0 Å². The fourth-order valence-electron chi connectivity index (χ4n) is 3.99. The van der Waals surface area contributed by atoms with Gasteiger partial charge in [-0.05, 0) is 35.1 Å². The molecule has 3 N–H and O–H groups in total. The Hall–Kier alpha value is -3.40. The summed E-state index contributed by atoms with van der Waals surface area (Å²) in [5.74, 6) is -1.94. The third kappa shape index (κ3) is 6.80. The molecule has 0 radical (unpaired) electrons. The van der Waals surface area contributed by atoms with Crippen LogP contribution in [-0.4, -0.2) is 62.7 Å². The van der Waals surface area contributed by atoms with Crippen molar-refractivity contribution < 1.29 is 32.6 Å². The number of rotatable bonds is 11. The number of carboxylic acid groups (broad SMARTS) is 1. The zero-order valence-electron chi connectivity index (χ0n) is 18.8. The number of carbonyl (C=O) groups is 3. The van der Waals surface area contributed by atoms with Crippen LogP contribution in [0.4, 0.5) is 4.79 Å². The van der Waals surface area contributed by atoms with Gasteiger partial charge >= 0.3 is 12.1 Å². The summed E-state index contributed by atoms with van der Waals surface area (Å²) < 4.78 is 27.9. The van der Waals surface area contributed by atoms with Gasteiger partial charge in [0.05, 0.1) is 5.75 Å². The molecule has 0 aromatic heterocycles. The number of amides is 2. The quantitative estimate of drug-likeness (QED) is 0.413. The molecule has 9 nitrogen and oxygen atoms in total. The number of ether oxygens (including phenoxy) is 1. The minimum atomic E-state index is -3.16. The van der Waals surface area contributed by atoms with E-state index in [9.17, 15) is 22.8 Å². The topological polar surface area (TPSA) is 139 Å². The van der Waals surface area contributed by atoms with Gasteiger partial charge in [-0.15, -0.1) is 0 Å². The van der Waals surface area contributed by atoms with E-state index in [-0.39, 0.29) is 44.1 Å². The van der Waals surface area contributed by atoms with Gasteiger partial charge in [0.2, 0.25) is 5.91 Å². The Morgan fingerprint density at radius 3 is 2.18 bits per heavy atom. The molecule has 1 unspecified atom stereocenters. The molecule has 0 spiro atoms. The molecule has 1 aliphatic rings. The van der Waals surface area contributed by atoms with Crippen LogP contribution in [-0.2, 0) is 24.2 Å². The molecule has 0 heterocycles. The minimum Gasteiger partial charge on any atom is -0.481 e. The number of nitrogens with one attached hydrogen (secondary N) is 2. The average molecular weight is 489 g/mol. The van der Waals surface area contributed by atoms with Gasteiger partial charge < -0.3 is 20.5 Å². The summed E-state index contributed by atoms with van der Waals surface area (Å²) in [6.45, 7) is 0.142. The minimum absolute atomic E-state index is 0.0570. The lowest BCUT2D eigenvalue weighted by atomic mass is 9.98. The van der Waals surface area contributed by atoms with Crippen molar-refractivity contribution in [2.24, 2.45) is 0 Å². The Kier molecular flexibility index (Phi) is 8.27. The number of hydrogen-bond acceptors (Lipinski definition) is 6. The number of fused-ring (bicyclic) bond motifs is 3. The molecule has 34 heavy (non-hydrogen) atoms. The monoisotopic (exact) mass is 488 g/mol. The van der Waals surface area contributed by atoms with Crippen LogP contribution in [0.1, 0.15) is 36.3 Å². The molecule has 0 fully saturated rings. The Labute approximate surface area is 198 Å². The first-order chi connectivity index (χ1) is 16.2. The predicted octanol–water partition coefficient (Wildman–Crippen LogP) is 2.31. The Morgan fingerprint density at radius 1 is 1.03 bits per heavy atom. The van der Waals surface area contributed by atoms with Crippen LogP contribution in [0.5, 0.6) is 0 Å². The highest BCUT2D eigenvalue weighted by Crippen LogP contribution is 2.44. The number of benzene rings is 2. The summed E-state index contributed by atoms with van der Waals surface area (Å²) in [6, 6.07) is 14.6. The fourth-order valence-corrected chi connectivity index (χ4v) is 4.66. The molecule has 0 aliphatic heterocycles. The van der Waals surface area contributed by atoms with E-state index in [1.54, 1.807) is 0 Å². The zero-order valence-corrected chi connectivity index (χ0v) is 19.6. The van der Waals surface area contributed by atoms with Gasteiger partial charge in [0.1, 0.15) is 22.5 Å². The van der Waals surface area contributed by atoms with Crippen LogP contribution in [0.15, 0.2) is 48.5 Å². The van der Waals surface area contributed by atoms with Crippen molar-refractivity contribution in [2.75, 3.05) is 25.2 Å². The molecule has 2 amide bonds. The molecular formula is C24H28N2O7S. The lowest BCUT2D eigenvalue weighted by Crippen LogP contribution is -2.47. The molecule has 1 aliphatic carbocycles. The van der Waals surface area contributed by atoms with Gasteiger partial charge in [0.25, 0.3) is 0 Å². The molecular weight excluding hydrogens is 460 g/mol. The van der Waals surface area contributed by atoms with E-state index in [0.717, 1.165) is 28.5 Å². The number of aliphatic carboxylic acids is 1. The van der Waals surface area contributed by atoms with Gasteiger partial charge in [-0.3, -0.25) is 9.59 Å². The van der Waals surface area contributed by atoms with Crippen molar-refractivity contribution in [2.45, 2.75) is 31.2 Å². The standard InChI is InChI=1S/C24H28N2O7S/c1-34(31,32)14-6-13-25-23(29)21(11-12-22(27)28)26-24(30)33-15-20-18-9-4-2-7-16(18)17-8-3-5-10-19(17)20/h2-5,7-10,20-21H,6,11-15H2,1H3,(H,25,29)(H,26,30)(H,27,28). The molecule has 0 saturated heterocycles. The first kappa shape index (κ1) is 25.2. The maximum atomic E-state index is 12.5. The lowest BCUT2D eigenvalue weighted by Gasteiger charge is -2.19. The molecule has 2 aromatic carbocycles. The summed E-state index contributed by atoms with van der Waals surface area (Å²) in [6.07, 6.45) is 0.0240. The van der Waals surface area contributed by atoms with Crippen molar-refractivity contribution in [3.63, 3.8) is 0 Å². The highest BCUT2D eigenvalue weighted by Gasteiger charge is 2.30. The SMILES string of the molecule is CS(=O)(=O)CCCNC(=O)C(CCC(=O)O)NC(=O)OCC1c2ccccc2-c2ccccc21.